The summed E-state index contributed by atoms with van der Waals surface area (Å²) in [6.07, 6.45) is 6.24. The van der Waals surface area contributed by atoms with E-state index in [0.29, 0.717) is 12.0 Å². The molecular formula is C17H27NO. The van der Waals surface area contributed by atoms with E-state index in [9.17, 15) is 0 Å². The van der Waals surface area contributed by atoms with E-state index in [0.717, 1.165) is 12.3 Å². The molecule has 0 heterocycles. The van der Waals surface area contributed by atoms with Gasteiger partial charge in [-0.15, -0.1) is 0 Å². The van der Waals surface area contributed by atoms with Crippen LogP contribution < -0.4 is 10.1 Å². The molecule has 2 rings (SSSR count). The highest BCUT2D eigenvalue weighted by molar-refractivity contribution is 5.40. The van der Waals surface area contributed by atoms with Crippen LogP contribution in [-0.2, 0) is 6.42 Å². The molecule has 2 unspecified atom stereocenters. The largest absolute Gasteiger partial charge is 0.497 e. The minimum absolute atomic E-state index is 0.603. The molecule has 1 aromatic rings. The predicted octanol–water partition coefficient (Wildman–Crippen LogP) is 3.89. The molecule has 2 atom stereocenters. The summed E-state index contributed by atoms with van der Waals surface area (Å²) >= 11 is 0. The Labute approximate surface area is 117 Å². The molecule has 1 N–H and O–H groups in total. The summed E-state index contributed by atoms with van der Waals surface area (Å²) in [6.45, 7) is 5.65. The van der Waals surface area contributed by atoms with E-state index in [1.165, 1.54) is 43.2 Å². The summed E-state index contributed by atoms with van der Waals surface area (Å²) in [5, 5.41) is 3.73. The molecule has 0 spiro atoms. The third-order valence-corrected chi connectivity index (χ3v) is 4.30. The molecule has 1 aromatic carbocycles. The van der Waals surface area contributed by atoms with Crippen molar-refractivity contribution in [3.8, 4) is 5.75 Å². The minimum atomic E-state index is 0.603. The van der Waals surface area contributed by atoms with Crippen LogP contribution in [-0.4, -0.2) is 19.7 Å². The Balaban J connectivity index is 2.23. The van der Waals surface area contributed by atoms with Gasteiger partial charge in [0.05, 0.1) is 7.11 Å². The van der Waals surface area contributed by atoms with Gasteiger partial charge in [-0.1, -0.05) is 19.9 Å². The monoisotopic (exact) mass is 261 g/mol. The van der Waals surface area contributed by atoms with Crippen LogP contribution in [0.15, 0.2) is 18.2 Å². The fraction of sp³-hybridized carbons (Fsp3) is 0.647. The van der Waals surface area contributed by atoms with Gasteiger partial charge in [0.2, 0.25) is 0 Å². The first-order chi connectivity index (χ1) is 9.30. The summed E-state index contributed by atoms with van der Waals surface area (Å²) in [5.41, 5.74) is 3.04. The van der Waals surface area contributed by atoms with Crippen LogP contribution >= 0.6 is 0 Å². The Morgan fingerprint density at radius 2 is 2.21 bits per heavy atom. The maximum atomic E-state index is 5.40. The van der Waals surface area contributed by atoms with Crippen LogP contribution in [0.2, 0.25) is 0 Å². The Kier molecular flexibility index (Phi) is 5.26. The van der Waals surface area contributed by atoms with Crippen molar-refractivity contribution in [1.29, 1.82) is 0 Å². The second kappa shape index (κ2) is 6.95. The smallest absolute Gasteiger partial charge is 0.119 e. The van der Waals surface area contributed by atoms with E-state index in [4.69, 9.17) is 4.74 Å². The van der Waals surface area contributed by atoms with E-state index in [1.54, 1.807) is 7.11 Å². The summed E-state index contributed by atoms with van der Waals surface area (Å²) in [5.74, 6) is 1.64. The highest BCUT2D eigenvalue weighted by Gasteiger charge is 2.26. The molecular weight excluding hydrogens is 234 g/mol. The predicted molar refractivity (Wildman–Crippen MR) is 81.0 cm³/mol. The molecule has 0 aromatic heterocycles. The van der Waals surface area contributed by atoms with Crippen molar-refractivity contribution in [1.82, 2.24) is 5.32 Å². The Morgan fingerprint density at radius 3 is 2.89 bits per heavy atom. The zero-order valence-corrected chi connectivity index (χ0v) is 12.5. The third kappa shape index (κ3) is 3.30. The molecule has 0 bridgehead atoms. The molecule has 1 aliphatic rings. The van der Waals surface area contributed by atoms with Gasteiger partial charge in [0.15, 0.2) is 0 Å². The second-order valence-electron chi connectivity index (χ2n) is 5.53. The van der Waals surface area contributed by atoms with Crippen LogP contribution in [0.25, 0.3) is 0 Å². The molecule has 0 amide bonds. The van der Waals surface area contributed by atoms with E-state index in [1.807, 2.05) is 0 Å². The molecule has 0 saturated heterocycles. The van der Waals surface area contributed by atoms with Gasteiger partial charge in [-0.3, -0.25) is 0 Å². The zero-order valence-electron chi connectivity index (χ0n) is 12.5. The van der Waals surface area contributed by atoms with E-state index in [-0.39, 0.29) is 0 Å². The van der Waals surface area contributed by atoms with Gasteiger partial charge in [0, 0.05) is 6.04 Å². The van der Waals surface area contributed by atoms with Crippen molar-refractivity contribution in [2.45, 2.75) is 57.9 Å². The lowest BCUT2D eigenvalue weighted by atomic mass is 9.78. The molecule has 0 saturated carbocycles. The highest BCUT2D eigenvalue weighted by Crippen LogP contribution is 2.36. The quantitative estimate of drug-likeness (QED) is 0.838. The van der Waals surface area contributed by atoms with Crippen LogP contribution in [0.4, 0.5) is 0 Å². The summed E-state index contributed by atoms with van der Waals surface area (Å²) in [4.78, 5) is 0. The normalized spacial score (nSPS) is 19.8. The van der Waals surface area contributed by atoms with Gasteiger partial charge >= 0.3 is 0 Å². The van der Waals surface area contributed by atoms with Gasteiger partial charge in [0.25, 0.3) is 0 Å². The standard InChI is InChI=1S/C17H27NO/c1-4-11-18-17(5-2)15-8-6-7-13-9-10-14(19-3)12-16(13)15/h9-10,12,15,17-18H,4-8,11H2,1-3H3. The average molecular weight is 261 g/mol. The number of fused-ring (bicyclic) bond motifs is 1. The third-order valence-electron chi connectivity index (χ3n) is 4.30. The Bertz CT molecular complexity index is 402. The second-order valence-corrected chi connectivity index (χ2v) is 5.53. The molecule has 0 aliphatic heterocycles. The van der Waals surface area contributed by atoms with Gasteiger partial charge in [0.1, 0.15) is 5.75 Å². The maximum absolute atomic E-state index is 5.40. The Hall–Kier alpha value is -1.02. The first-order valence-electron chi connectivity index (χ1n) is 7.70. The van der Waals surface area contributed by atoms with Gasteiger partial charge in [-0.05, 0) is 67.8 Å². The van der Waals surface area contributed by atoms with Crippen molar-refractivity contribution in [2.75, 3.05) is 13.7 Å². The van der Waals surface area contributed by atoms with Crippen LogP contribution in [0.1, 0.15) is 56.6 Å². The van der Waals surface area contributed by atoms with Crippen LogP contribution in [0.5, 0.6) is 5.75 Å². The number of methoxy groups -OCH3 is 1. The van der Waals surface area contributed by atoms with Crippen LogP contribution in [0.3, 0.4) is 0 Å². The summed E-state index contributed by atoms with van der Waals surface area (Å²) in [6, 6.07) is 7.22. The first-order valence-corrected chi connectivity index (χ1v) is 7.70. The van der Waals surface area contributed by atoms with Gasteiger partial charge in [-0.2, -0.15) is 0 Å². The molecule has 0 fully saturated rings. The molecule has 19 heavy (non-hydrogen) atoms. The van der Waals surface area contributed by atoms with Crippen molar-refractivity contribution in [2.24, 2.45) is 0 Å². The molecule has 2 nitrogen and oxygen atoms in total. The van der Waals surface area contributed by atoms with Crippen LogP contribution in [0, 0.1) is 0 Å². The first kappa shape index (κ1) is 14.4. The number of benzene rings is 1. The van der Waals surface area contributed by atoms with Crippen molar-refractivity contribution in [3.63, 3.8) is 0 Å². The number of hydrogen-bond donors (Lipinski definition) is 1. The molecule has 1 aliphatic carbocycles. The lowest BCUT2D eigenvalue weighted by molar-refractivity contribution is 0.378. The molecule has 106 valence electrons. The van der Waals surface area contributed by atoms with E-state index >= 15 is 0 Å². The number of rotatable bonds is 6. The zero-order chi connectivity index (χ0) is 13.7. The minimum Gasteiger partial charge on any atom is -0.497 e. The Morgan fingerprint density at radius 1 is 1.37 bits per heavy atom. The number of ether oxygens (including phenoxy) is 1. The lowest BCUT2D eigenvalue weighted by Crippen LogP contribution is -2.36. The van der Waals surface area contributed by atoms with Gasteiger partial charge in [-0.25, -0.2) is 0 Å². The maximum Gasteiger partial charge on any atom is 0.119 e. The van der Waals surface area contributed by atoms with Crippen molar-refractivity contribution >= 4 is 0 Å². The molecule has 2 heteroatoms. The number of aryl methyl sites for hydroxylation is 1. The van der Waals surface area contributed by atoms with E-state index < -0.39 is 0 Å². The topological polar surface area (TPSA) is 21.3 Å². The highest BCUT2D eigenvalue weighted by atomic mass is 16.5. The lowest BCUT2D eigenvalue weighted by Gasteiger charge is -2.33. The SMILES string of the molecule is CCCNC(CC)C1CCCc2ccc(OC)cc21. The summed E-state index contributed by atoms with van der Waals surface area (Å²) < 4.78 is 5.40. The number of hydrogen-bond acceptors (Lipinski definition) is 2. The summed E-state index contributed by atoms with van der Waals surface area (Å²) in [7, 11) is 1.76. The van der Waals surface area contributed by atoms with Crippen molar-refractivity contribution < 1.29 is 4.74 Å². The van der Waals surface area contributed by atoms with E-state index in [2.05, 4.69) is 37.4 Å². The van der Waals surface area contributed by atoms with Gasteiger partial charge < -0.3 is 10.1 Å². The fourth-order valence-electron chi connectivity index (χ4n) is 3.26. The van der Waals surface area contributed by atoms with Crippen molar-refractivity contribution in [3.05, 3.63) is 29.3 Å². The molecule has 0 radical (unpaired) electrons. The number of nitrogens with one attached hydrogen (secondary N) is 1. The average Bonchev–Trinajstić information content (AvgIpc) is 2.47. The fourth-order valence-corrected chi connectivity index (χ4v) is 3.26.